The van der Waals surface area contributed by atoms with Crippen molar-refractivity contribution >= 4 is 12.0 Å². The number of benzene rings is 3. The Kier molecular flexibility index (Phi) is 10.7. The maximum absolute atomic E-state index is 13.5. The van der Waals surface area contributed by atoms with Gasteiger partial charge in [-0.1, -0.05) is 12.1 Å². The zero-order valence-electron chi connectivity index (χ0n) is 20.3. The molecule has 1 aliphatic heterocycles. The van der Waals surface area contributed by atoms with Gasteiger partial charge in [0.2, 0.25) is 34.8 Å². The molecule has 13 heteroatoms. The van der Waals surface area contributed by atoms with Gasteiger partial charge in [0.25, 0.3) is 0 Å². The maximum atomic E-state index is 13.5. The molecule has 0 amide bonds. The Hall–Kier alpha value is -3.19. The number of halogens is 8. The SMILES string of the molecule is COCCCOc1cccc(C(F)(F)F)c1.Fc1c(F)c(F)c(OSc2ccc3c(c2)OCCC3)c(F)c1F. The third kappa shape index (κ3) is 8.15. The van der Waals surface area contributed by atoms with Crippen molar-refractivity contribution in [2.75, 3.05) is 26.9 Å². The van der Waals surface area contributed by atoms with E-state index >= 15 is 0 Å². The van der Waals surface area contributed by atoms with Gasteiger partial charge in [0.15, 0.2) is 0 Å². The Bertz CT molecular complexity index is 1240. The monoisotopic (exact) mass is 582 g/mol. The zero-order valence-corrected chi connectivity index (χ0v) is 21.2. The number of fused-ring (bicyclic) bond motifs is 1. The van der Waals surface area contributed by atoms with Gasteiger partial charge in [0, 0.05) is 20.1 Å². The highest BCUT2D eigenvalue weighted by molar-refractivity contribution is 7.95. The highest BCUT2D eigenvalue weighted by Gasteiger charge is 2.30. The van der Waals surface area contributed by atoms with Crippen LogP contribution in [-0.4, -0.2) is 26.9 Å². The molecular weight excluding hydrogens is 560 g/mol. The van der Waals surface area contributed by atoms with E-state index < -0.39 is 46.6 Å². The summed E-state index contributed by atoms with van der Waals surface area (Å²) in [7, 11) is 1.56. The minimum atomic E-state index is -4.33. The van der Waals surface area contributed by atoms with Gasteiger partial charge in [-0.15, -0.1) is 0 Å². The molecule has 0 saturated carbocycles. The largest absolute Gasteiger partial charge is 0.493 e. The fourth-order valence-corrected chi connectivity index (χ4v) is 3.88. The first-order valence-electron chi connectivity index (χ1n) is 11.4. The molecule has 1 aliphatic rings. The van der Waals surface area contributed by atoms with E-state index in [1.807, 2.05) is 0 Å². The second-order valence-corrected chi connectivity index (χ2v) is 8.81. The number of aryl methyl sites for hydroxylation is 1. The van der Waals surface area contributed by atoms with E-state index in [-0.39, 0.29) is 5.75 Å². The van der Waals surface area contributed by atoms with Gasteiger partial charge in [0.1, 0.15) is 11.5 Å². The van der Waals surface area contributed by atoms with E-state index in [9.17, 15) is 35.1 Å². The summed E-state index contributed by atoms with van der Waals surface area (Å²) in [5, 5.41) is 0. The summed E-state index contributed by atoms with van der Waals surface area (Å²) < 4.78 is 123. The maximum Gasteiger partial charge on any atom is 0.416 e. The third-order valence-electron chi connectivity index (χ3n) is 5.20. The fourth-order valence-electron chi connectivity index (χ4n) is 3.28. The van der Waals surface area contributed by atoms with Crippen molar-refractivity contribution in [3.05, 3.63) is 82.7 Å². The van der Waals surface area contributed by atoms with Crippen LogP contribution in [0.3, 0.4) is 0 Å². The highest BCUT2D eigenvalue weighted by Crippen LogP contribution is 2.35. The smallest absolute Gasteiger partial charge is 0.416 e. The molecule has 4 nitrogen and oxygen atoms in total. The summed E-state index contributed by atoms with van der Waals surface area (Å²) in [5.41, 5.74) is 0.286. The van der Waals surface area contributed by atoms with Crippen LogP contribution in [0.2, 0.25) is 0 Å². The van der Waals surface area contributed by atoms with Crippen molar-refractivity contribution in [3.8, 4) is 17.2 Å². The molecule has 3 aromatic carbocycles. The second-order valence-electron chi connectivity index (χ2n) is 8.01. The molecule has 0 aliphatic carbocycles. The summed E-state index contributed by atoms with van der Waals surface area (Å²) >= 11 is 0.482. The van der Waals surface area contributed by atoms with Crippen molar-refractivity contribution in [1.82, 2.24) is 0 Å². The van der Waals surface area contributed by atoms with Gasteiger partial charge in [-0.05, 0) is 48.7 Å². The van der Waals surface area contributed by atoms with Gasteiger partial charge >= 0.3 is 6.18 Å². The lowest BCUT2D eigenvalue weighted by Crippen LogP contribution is -2.08. The Morgan fingerprint density at radius 2 is 1.56 bits per heavy atom. The van der Waals surface area contributed by atoms with E-state index in [1.54, 1.807) is 25.3 Å². The number of methoxy groups -OCH3 is 1. The lowest BCUT2D eigenvalue weighted by atomic mass is 10.1. The Balaban J connectivity index is 0.000000231. The number of alkyl halides is 3. The van der Waals surface area contributed by atoms with Crippen LogP contribution in [0.25, 0.3) is 0 Å². The molecule has 39 heavy (non-hydrogen) atoms. The van der Waals surface area contributed by atoms with Crippen LogP contribution in [0.15, 0.2) is 47.4 Å². The Morgan fingerprint density at radius 1 is 0.872 bits per heavy atom. The molecule has 0 atom stereocenters. The van der Waals surface area contributed by atoms with E-state index in [2.05, 4.69) is 0 Å². The average molecular weight is 583 g/mol. The van der Waals surface area contributed by atoms with Crippen molar-refractivity contribution in [2.45, 2.75) is 30.3 Å². The average Bonchev–Trinajstić information content (AvgIpc) is 2.93. The fraction of sp³-hybridized carbons (Fsp3) is 0.308. The van der Waals surface area contributed by atoms with Gasteiger partial charge < -0.3 is 18.4 Å². The van der Waals surface area contributed by atoms with Crippen molar-refractivity contribution in [2.24, 2.45) is 0 Å². The van der Waals surface area contributed by atoms with Crippen molar-refractivity contribution < 1.29 is 53.5 Å². The molecule has 0 aromatic heterocycles. The summed E-state index contributed by atoms with van der Waals surface area (Å²) in [6.07, 6.45) is -1.95. The summed E-state index contributed by atoms with van der Waals surface area (Å²) in [6, 6.07) is 9.81. The van der Waals surface area contributed by atoms with Crippen LogP contribution < -0.4 is 13.7 Å². The summed E-state index contributed by atoms with van der Waals surface area (Å²) in [6.45, 7) is 1.42. The lowest BCUT2D eigenvalue weighted by Gasteiger charge is -2.17. The number of rotatable bonds is 8. The van der Waals surface area contributed by atoms with Crippen LogP contribution in [0.4, 0.5) is 35.1 Å². The highest BCUT2D eigenvalue weighted by atomic mass is 32.2. The van der Waals surface area contributed by atoms with E-state index in [1.165, 1.54) is 12.1 Å². The van der Waals surface area contributed by atoms with Crippen LogP contribution in [-0.2, 0) is 17.3 Å². The van der Waals surface area contributed by atoms with Gasteiger partial charge in [-0.25, -0.2) is 13.2 Å². The van der Waals surface area contributed by atoms with Crippen LogP contribution in [0.5, 0.6) is 17.2 Å². The number of hydrogen-bond donors (Lipinski definition) is 0. The summed E-state index contributed by atoms with van der Waals surface area (Å²) in [4.78, 5) is 0.412. The minimum absolute atomic E-state index is 0.228. The first-order valence-corrected chi connectivity index (χ1v) is 12.2. The van der Waals surface area contributed by atoms with Crippen molar-refractivity contribution in [1.29, 1.82) is 0 Å². The number of ether oxygens (including phenoxy) is 3. The normalized spacial score (nSPS) is 12.6. The first kappa shape index (κ1) is 30.4. The van der Waals surface area contributed by atoms with Crippen molar-refractivity contribution in [3.63, 3.8) is 0 Å². The minimum Gasteiger partial charge on any atom is -0.493 e. The first-order chi connectivity index (χ1) is 18.5. The molecule has 0 saturated heterocycles. The molecule has 212 valence electrons. The van der Waals surface area contributed by atoms with Gasteiger partial charge in [-0.2, -0.15) is 22.0 Å². The molecule has 0 bridgehead atoms. The molecule has 0 fully saturated rings. The third-order valence-corrected chi connectivity index (χ3v) is 5.90. The number of hydrogen-bond acceptors (Lipinski definition) is 5. The molecule has 0 unspecified atom stereocenters. The molecule has 1 heterocycles. The van der Waals surface area contributed by atoms with E-state index in [0.717, 1.165) is 30.5 Å². The standard InChI is InChI=1S/C15H9F5O2S.C11H13F3O2/c16-10-11(17)13(19)15(14(20)12(10)18)22-23-8-4-3-7-2-1-5-21-9(7)6-8;1-15-6-3-7-16-10-5-2-4-9(8-10)11(12,13)14/h3-4,6H,1-2,5H2;2,4-5,8H,3,6-7H2,1H3. The summed E-state index contributed by atoms with van der Waals surface area (Å²) in [5.74, 6) is -10.8. The van der Waals surface area contributed by atoms with Crippen LogP contribution in [0, 0.1) is 29.1 Å². The van der Waals surface area contributed by atoms with E-state index in [4.69, 9.17) is 18.4 Å². The van der Waals surface area contributed by atoms with E-state index in [0.29, 0.717) is 48.9 Å². The Morgan fingerprint density at radius 3 is 2.23 bits per heavy atom. The molecule has 0 spiro atoms. The molecule has 0 N–H and O–H groups in total. The quantitative estimate of drug-likeness (QED) is 0.0887. The second kappa shape index (κ2) is 13.7. The van der Waals surface area contributed by atoms with Gasteiger partial charge in [0.05, 0.1) is 35.7 Å². The van der Waals surface area contributed by atoms with Crippen LogP contribution in [0.1, 0.15) is 24.0 Å². The Labute approximate surface area is 223 Å². The predicted molar refractivity (Wildman–Crippen MR) is 126 cm³/mol. The lowest BCUT2D eigenvalue weighted by molar-refractivity contribution is -0.137. The topological polar surface area (TPSA) is 36.9 Å². The van der Waals surface area contributed by atoms with Gasteiger partial charge in [-0.3, -0.25) is 0 Å². The molecule has 4 rings (SSSR count). The molecular formula is C26H22F8O4S. The molecule has 3 aromatic rings. The predicted octanol–water partition coefficient (Wildman–Crippen LogP) is 7.91. The zero-order chi connectivity index (χ0) is 28.6. The van der Waals surface area contributed by atoms with Crippen LogP contribution >= 0.6 is 12.0 Å². The molecule has 0 radical (unpaired) electrons.